The molecule has 0 unspecified atom stereocenters. The van der Waals surface area contributed by atoms with Crippen LogP contribution >= 0.6 is 12.4 Å². The van der Waals surface area contributed by atoms with Crippen LogP contribution in [0.3, 0.4) is 0 Å². The molecule has 4 rings (SSSR count). The van der Waals surface area contributed by atoms with E-state index in [1.54, 1.807) is 0 Å². The number of nitrogens with two attached hydrogens (primary N) is 1. The summed E-state index contributed by atoms with van der Waals surface area (Å²) in [4.78, 5) is 40.0. The van der Waals surface area contributed by atoms with Crippen molar-refractivity contribution in [2.24, 2.45) is 17.6 Å². The third-order valence-corrected chi connectivity index (χ3v) is 7.55. The van der Waals surface area contributed by atoms with E-state index in [1.807, 2.05) is 4.72 Å². The van der Waals surface area contributed by atoms with Crippen molar-refractivity contribution >= 4 is 51.4 Å². The number of anilines is 1. The highest BCUT2D eigenvalue weighted by molar-refractivity contribution is 7.92. The van der Waals surface area contributed by atoms with Crippen LogP contribution in [0.5, 0.6) is 5.75 Å². The number of phenols is 1. The Labute approximate surface area is 216 Å². The fourth-order valence-corrected chi connectivity index (χ4v) is 6.10. The number of carbonyl (C=O) groups is 3. The zero-order chi connectivity index (χ0) is 27.1. The molecule has 1 fully saturated rings. The molecule has 1 aromatic rings. The van der Waals surface area contributed by atoms with Crippen molar-refractivity contribution in [3.05, 3.63) is 39.9 Å². The minimum atomic E-state index is -3.96. The first-order chi connectivity index (χ1) is 16.5. The smallest absolute Gasteiger partial charge is 0.255 e. The highest BCUT2D eigenvalue weighted by Crippen LogP contribution is 2.53. The molecule has 202 valence electrons. The van der Waals surface area contributed by atoms with Gasteiger partial charge in [0.2, 0.25) is 15.8 Å². The van der Waals surface area contributed by atoms with Crippen LogP contribution in [0.1, 0.15) is 17.5 Å². The van der Waals surface area contributed by atoms with Crippen LogP contribution < -0.4 is 10.5 Å². The molecule has 1 aromatic carbocycles. The lowest BCUT2D eigenvalue weighted by atomic mass is 9.57. The first-order valence-electron chi connectivity index (χ1n) is 10.7. The highest BCUT2D eigenvalue weighted by Gasteiger charge is 2.64. The SMILES string of the molecule is CN(C)[C@@H]1C(=O)C(C(N)=O)=C(O)[C@@]2(O)C(=O)C3=C(O)c4c(O)c(NS(C)(=O)=O)cc(F)c4C[C@H]3C[C@@H]12.Cl. The number of primary amides is 1. The van der Waals surface area contributed by atoms with Crippen molar-refractivity contribution in [3.8, 4) is 5.75 Å². The van der Waals surface area contributed by atoms with Gasteiger partial charge in [-0.15, -0.1) is 12.4 Å². The van der Waals surface area contributed by atoms with E-state index in [2.05, 4.69) is 0 Å². The van der Waals surface area contributed by atoms with Crippen LogP contribution in [-0.4, -0.2) is 83.2 Å². The number of halogens is 2. The number of fused-ring (bicyclic) bond motifs is 3. The van der Waals surface area contributed by atoms with Crippen molar-refractivity contribution in [3.63, 3.8) is 0 Å². The van der Waals surface area contributed by atoms with Crippen molar-refractivity contribution < 1.29 is 47.6 Å². The van der Waals surface area contributed by atoms with Crippen LogP contribution in [0.25, 0.3) is 5.76 Å². The number of amides is 1. The number of hydrogen-bond acceptors (Lipinski definition) is 10. The number of carbonyl (C=O) groups excluding carboxylic acids is 3. The topological polar surface area (TPSA) is 208 Å². The van der Waals surface area contributed by atoms with E-state index >= 15 is 4.39 Å². The summed E-state index contributed by atoms with van der Waals surface area (Å²) < 4.78 is 40.2. The van der Waals surface area contributed by atoms with Gasteiger partial charge in [0.25, 0.3) is 5.91 Å². The average Bonchev–Trinajstić information content (AvgIpc) is 2.72. The van der Waals surface area contributed by atoms with Crippen molar-refractivity contribution in [2.45, 2.75) is 24.5 Å². The van der Waals surface area contributed by atoms with Gasteiger partial charge in [0.1, 0.15) is 22.9 Å². The van der Waals surface area contributed by atoms with E-state index in [-0.39, 0.29) is 30.8 Å². The normalized spacial score (nSPS) is 27.4. The molecule has 0 saturated heterocycles. The molecular formula is C22H25ClFN3O9S. The number of hydrogen-bond donors (Lipinski definition) is 6. The summed E-state index contributed by atoms with van der Waals surface area (Å²) in [6, 6.07) is -0.531. The minimum absolute atomic E-state index is 0. The van der Waals surface area contributed by atoms with Crippen molar-refractivity contribution in [1.29, 1.82) is 0 Å². The fraction of sp³-hybridized carbons (Fsp3) is 0.409. The molecule has 0 bridgehead atoms. The maximum absolute atomic E-state index is 15.0. The van der Waals surface area contributed by atoms with Crippen molar-refractivity contribution in [2.75, 3.05) is 25.1 Å². The number of rotatable bonds is 4. The predicted octanol–water partition coefficient (Wildman–Crippen LogP) is -0.104. The number of nitrogens with one attached hydrogen (secondary N) is 1. The number of Topliss-reactive ketones (excluding diaryl/α,β-unsaturated/α-hetero) is 2. The minimum Gasteiger partial charge on any atom is -0.508 e. The van der Waals surface area contributed by atoms with Crippen LogP contribution in [0, 0.1) is 17.7 Å². The second-order valence-electron chi connectivity index (χ2n) is 9.44. The van der Waals surface area contributed by atoms with Crippen LogP contribution in [0.2, 0.25) is 0 Å². The molecule has 0 radical (unpaired) electrons. The van der Waals surface area contributed by atoms with Gasteiger partial charge in [-0.2, -0.15) is 0 Å². The Morgan fingerprint density at radius 2 is 1.84 bits per heavy atom. The standard InChI is InChI=1S/C22H24FN3O9S.ClH/c1-26(2)15-9-5-7-4-8-10(23)6-11(25-36(3,34)35)16(27)13(8)17(28)12(7)19(30)22(9,33)20(31)14(18(15)29)21(24)32;/h6-7,9,15,25,27-28,31,33H,4-5H2,1-3H3,(H2,24,32);1H/t7-,9-,15-,22-;/m0./s1. The maximum Gasteiger partial charge on any atom is 0.255 e. The summed E-state index contributed by atoms with van der Waals surface area (Å²) >= 11 is 0. The molecule has 1 amide bonds. The van der Waals surface area contributed by atoms with Crippen LogP contribution in [-0.2, 0) is 30.8 Å². The Hall–Kier alpha value is -3.20. The average molecular weight is 562 g/mol. The first-order valence-corrected chi connectivity index (χ1v) is 12.6. The summed E-state index contributed by atoms with van der Waals surface area (Å²) in [7, 11) is -1.04. The maximum atomic E-state index is 15.0. The highest BCUT2D eigenvalue weighted by atomic mass is 35.5. The largest absolute Gasteiger partial charge is 0.508 e. The molecular weight excluding hydrogens is 537 g/mol. The van der Waals surface area contributed by atoms with Gasteiger partial charge in [-0.1, -0.05) is 0 Å². The Kier molecular flexibility index (Phi) is 6.88. The van der Waals surface area contributed by atoms with Crippen LogP contribution in [0.4, 0.5) is 10.1 Å². The number of sulfonamides is 1. The van der Waals surface area contributed by atoms with E-state index in [9.17, 15) is 43.2 Å². The lowest BCUT2D eigenvalue weighted by Gasteiger charge is -2.50. The molecule has 37 heavy (non-hydrogen) atoms. The number of likely N-dealkylation sites (N-methyl/N-ethyl adjacent to an activating group) is 1. The molecule has 0 spiro atoms. The van der Waals surface area contributed by atoms with E-state index in [0.29, 0.717) is 0 Å². The number of aliphatic hydroxyl groups is 3. The quantitative estimate of drug-likeness (QED) is 0.212. The van der Waals surface area contributed by atoms with Gasteiger partial charge in [0.15, 0.2) is 17.1 Å². The predicted molar refractivity (Wildman–Crippen MR) is 130 cm³/mol. The molecule has 3 aliphatic carbocycles. The molecule has 7 N–H and O–H groups in total. The molecule has 1 saturated carbocycles. The van der Waals surface area contributed by atoms with Gasteiger partial charge >= 0.3 is 0 Å². The van der Waals surface area contributed by atoms with E-state index in [1.165, 1.54) is 19.0 Å². The molecule has 4 atom stereocenters. The molecule has 0 aliphatic heterocycles. The van der Waals surface area contributed by atoms with Gasteiger partial charge in [0.05, 0.1) is 23.5 Å². The zero-order valence-electron chi connectivity index (χ0n) is 19.8. The van der Waals surface area contributed by atoms with Gasteiger partial charge in [-0.25, -0.2) is 12.8 Å². The Morgan fingerprint density at radius 3 is 2.35 bits per heavy atom. The summed E-state index contributed by atoms with van der Waals surface area (Å²) in [5.74, 6) is -9.78. The van der Waals surface area contributed by atoms with Gasteiger partial charge in [-0.3, -0.25) is 24.0 Å². The second kappa shape index (κ2) is 8.97. The lowest BCUT2D eigenvalue weighted by Crippen LogP contribution is -2.65. The van der Waals surface area contributed by atoms with E-state index in [0.717, 1.165) is 12.3 Å². The molecule has 0 aromatic heterocycles. The third kappa shape index (κ3) is 4.04. The summed E-state index contributed by atoms with van der Waals surface area (Å²) in [5.41, 5.74) is -0.370. The number of nitrogens with zero attached hydrogens (tertiary/aromatic N) is 1. The molecule has 0 heterocycles. The second-order valence-corrected chi connectivity index (χ2v) is 11.2. The number of aliphatic hydroxyl groups excluding tert-OH is 2. The number of benzene rings is 1. The number of phenolic OH excluding ortho intramolecular Hbond substituents is 1. The number of ketones is 2. The summed E-state index contributed by atoms with van der Waals surface area (Å²) in [6.07, 6.45) is 0.303. The molecule has 3 aliphatic rings. The van der Waals surface area contributed by atoms with Gasteiger partial charge in [0, 0.05) is 23.1 Å². The van der Waals surface area contributed by atoms with E-state index in [4.69, 9.17) is 5.73 Å². The summed E-state index contributed by atoms with van der Waals surface area (Å²) in [6.45, 7) is 0. The van der Waals surface area contributed by atoms with Gasteiger partial charge in [-0.05, 0) is 32.9 Å². The van der Waals surface area contributed by atoms with Crippen molar-refractivity contribution in [1.82, 2.24) is 4.90 Å². The molecule has 12 nitrogen and oxygen atoms in total. The van der Waals surface area contributed by atoms with E-state index < -0.39 is 96.5 Å². The monoisotopic (exact) mass is 561 g/mol. The Morgan fingerprint density at radius 1 is 1.24 bits per heavy atom. The van der Waals surface area contributed by atoms with Gasteiger partial charge < -0.3 is 26.2 Å². The third-order valence-electron chi connectivity index (χ3n) is 6.96. The lowest BCUT2D eigenvalue weighted by molar-refractivity contribution is -0.153. The fourth-order valence-electron chi connectivity index (χ4n) is 5.54. The Bertz CT molecular complexity index is 1420. The molecule has 15 heteroatoms. The summed E-state index contributed by atoms with van der Waals surface area (Å²) in [5, 5.41) is 43.9. The first kappa shape index (κ1) is 28.4. The zero-order valence-corrected chi connectivity index (χ0v) is 21.4. The number of aromatic hydroxyl groups is 1. The Balaban J connectivity index is 0.00000380. The van der Waals surface area contributed by atoms with Crippen LogP contribution in [0.15, 0.2) is 23.0 Å².